The lowest BCUT2D eigenvalue weighted by Gasteiger charge is -2.09. The number of allylic oxidation sites excluding steroid dienone is 3. The summed E-state index contributed by atoms with van der Waals surface area (Å²) in [6, 6.07) is 18.9. The first-order valence-electron chi connectivity index (χ1n) is 13.0. The predicted molar refractivity (Wildman–Crippen MR) is 188 cm³/mol. The number of aryl methyl sites for hydroxylation is 2. The van der Waals surface area contributed by atoms with Crippen LogP contribution in [0.1, 0.15) is 56.8 Å². The molecule has 0 aromatic carbocycles. The lowest BCUT2D eigenvalue weighted by Crippen LogP contribution is -1.88. The van der Waals surface area contributed by atoms with E-state index < -0.39 is 0 Å². The van der Waals surface area contributed by atoms with Gasteiger partial charge in [0.15, 0.2) is 0 Å². The van der Waals surface area contributed by atoms with Crippen LogP contribution >= 0.6 is 79.9 Å². The average Bonchev–Trinajstić information content (AvgIpc) is 3.78. The summed E-state index contributed by atoms with van der Waals surface area (Å²) >= 11 is 20.7. The van der Waals surface area contributed by atoms with Gasteiger partial charge in [-0.1, -0.05) is 42.5 Å². The first-order chi connectivity index (χ1) is 19.8. The van der Waals surface area contributed by atoms with Crippen LogP contribution in [0.4, 0.5) is 0 Å². The first-order valence-corrected chi connectivity index (χ1v) is 17.8. The molecule has 0 radical (unpaired) electrons. The summed E-state index contributed by atoms with van der Waals surface area (Å²) in [6.45, 7) is 6.53. The number of hydrogen-bond acceptors (Lipinski definition) is 6. The van der Waals surface area contributed by atoms with Gasteiger partial charge in [0.25, 0.3) is 0 Å². The standard InChI is InChI=1S/C33H25Cl2NS5/c1-5-7-8-24(23(6-2)26-12-14-31(35)40-26)29-16-20(4)33(41-29)28-10-9-27(38-28)32-19(3)15-22(37-32)17-21(18-36)25-11-13-30(34)39-25/h2,9-17H,5,7-8H2,1,3-4H3. The van der Waals surface area contributed by atoms with Gasteiger partial charge in [0.2, 0.25) is 0 Å². The molecule has 0 fully saturated rings. The summed E-state index contributed by atoms with van der Waals surface area (Å²) in [5.74, 6) is 2.98. The number of halogens is 2. The fraction of sp³-hybridized carbons (Fsp3) is 0.182. The Bertz CT molecular complexity index is 1850. The lowest BCUT2D eigenvalue weighted by atomic mass is 9.99. The Balaban J connectivity index is 1.48. The van der Waals surface area contributed by atoms with Gasteiger partial charge in [-0.2, -0.15) is 5.26 Å². The van der Waals surface area contributed by atoms with Crippen LogP contribution in [0, 0.1) is 37.5 Å². The largest absolute Gasteiger partial charge is 0.192 e. The molecule has 0 amide bonds. The van der Waals surface area contributed by atoms with Crippen LogP contribution in [0.3, 0.4) is 0 Å². The van der Waals surface area contributed by atoms with E-state index in [0.717, 1.165) is 43.8 Å². The van der Waals surface area contributed by atoms with Gasteiger partial charge in [-0.05, 0) is 98.0 Å². The highest BCUT2D eigenvalue weighted by molar-refractivity contribution is 7.27. The number of thiophene rings is 5. The van der Waals surface area contributed by atoms with Crippen LogP contribution in [0.15, 0.2) is 48.5 Å². The maximum atomic E-state index is 9.74. The van der Waals surface area contributed by atoms with Gasteiger partial charge in [-0.3, -0.25) is 0 Å². The molecule has 0 aliphatic carbocycles. The van der Waals surface area contributed by atoms with E-state index in [4.69, 9.17) is 29.6 Å². The molecule has 5 heterocycles. The highest BCUT2D eigenvalue weighted by atomic mass is 35.5. The fourth-order valence-electron chi connectivity index (χ4n) is 4.52. The van der Waals surface area contributed by atoms with Crippen LogP contribution in [0.2, 0.25) is 8.67 Å². The Labute approximate surface area is 271 Å². The molecule has 0 N–H and O–H groups in total. The summed E-state index contributed by atoms with van der Waals surface area (Å²) in [6.07, 6.45) is 11.2. The number of rotatable bonds is 9. The zero-order chi connectivity index (χ0) is 29.1. The second-order valence-electron chi connectivity index (χ2n) is 9.43. The van der Waals surface area contributed by atoms with Crippen LogP contribution in [-0.4, -0.2) is 0 Å². The molecular weight excluding hydrogens is 642 g/mol. The van der Waals surface area contributed by atoms with E-state index >= 15 is 0 Å². The van der Waals surface area contributed by atoms with E-state index in [9.17, 15) is 5.26 Å². The molecule has 41 heavy (non-hydrogen) atoms. The zero-order valence-electron chi connectivity index (χ0n) is 22.6. The Morgan fingerprint density at radius 1 is 0.829 bits per heavy atom. The normalized spacial score (nSPS) is 12.3. The van der Waals surface area contributed by atoms with Crippen molar-refractivity contribution in [2.24, 2.45) is 0 Å². The predicted octanol–water partition coefficient (Wildman–Crippen LogP) is 13.1. The third kappa shape index (κ3) is 6.66. The molecule has 5 rings (SSSR count). The third-order valence-electron chi connectivity index (χ3n) is 6.50. The number of nitriles is 1. The Morgan fingerprint density at radius 2 is 1.46 bits per heavy atom. The van der Waals surface area contributed by atoms with Crippen molar-refractivity contribution in [3.8, 4) is 37.9 Å². The van der Waals surface area contributed by atoms with E-state index in [1.54, 1.807) is 11.3 Å². The van der Waals surface area contributed by atoms with E-state index in [0.29, 0.717) is 9.91 Å². The topological polar surface area (TPSA) is 23.8 Å². The summed E-state index contributed by atoms with van der Waals surface area (Å²) < 4.78 is 1.43. The second kappa shape index (κ2) is 13.3. The molecule has 0 aliphatic rings. The van der Waals surface area contributed by atoms with Crippen molar-refractivity contribution < 1.29 is 0 Å². The number of terminal acetylenes is 1. The van der Waals surface area contributed by atoms with Gasteiger partial charge in [-0.25, -0.2) is 0 Å². The van der Waals surface area contributed by atoms with Gasteiger partial charge in [0, 0.05) is 44.6 Å². The van der Waals surface area contributed by atoms with Crippen LogP contribution in [0.25, 0.3) is 42.3 Å². The van der Waals surface area contributed by atoms with Crippen molar-refractivity contribution in [3.63, 3.8) is 0 Å². The van der Waals surface area contributed by atoms with Crippen LogP contribution in [0.5, 0.6) is 0 Å². The zero-order valence-corrected chi connectivity index (χ0v) is 28.2. The van der Waals surface area contributed by atoms with E-state index in [2.05, 4.69) is 57.0 Å². The van der Waals surface area contributed by atoms with Crippen molar-refractivity contribution in [1.29, 1.82) is 5.26 Å². The molecular formula is C33H25Cl2NS5. The van der Waals surface area contributed by atoms with Crippen molar-refractivity contribution in [2.75, 3.05) is 0 Å². The number of nitrogens with zero attached hydrogens (tertiary/aromatic N) is 1. The minimum atomic E-state index is 0.631. The summed E-state index contributed by atoms with van der Waals surface area (Å²) in [5, 5.41) is 9.74. The summed E-state index contributed by atoms with van der Waals surface area (Å²) in [7, 11) is 0. The highest BCUT2D eigenvalue weighted by Gasteiger charge is 2.19. The Kier molecular flexibility index (Phi) is 9.74. The third-order valence-corrected chi connectivity index (χ3v) is 12.9. The monoisotopic (exact) mass is 665 g/mol. The average molecular weight is 667 g/mol. The molecule has 0 saturated carbocycles. The second-order valence-corrected chi connectivity index (χ2v) is 16.1. The quantitative estimate of drug-likeness (QED) is 0.113. The molecule has 8 heteroatoms. The van der Waals surface area contributed by atoms with E-state index in [1.807, 2.05) is 53.0 Å². The SMILES string of the molecule is C#CC(=C(CCCC)c1cc(C)c(-c2ccc(-c3sc(C=C(C#N)c4ccc(Cl)s4)cc3C)s2)s1)c1ccc(Cl)s1. The molecule has 5 aromatic rings. The molecule has 0 atom stereocenters. The van der Waals surface area contributed by atoms with Crippen LogP contribution in [-0.2, 0) is 0 Å². The van der Waals surface area contributed by atoms with Gasteiger partial charge >= 0.3 is 0 Å². The van der Waals surface area contributed by atoms with Gasteiger partial charge < -0.3 is 0 Å². The maximum absolute atomic E-state index is 9.74. The minimum absolute atomic E-state index is 0.631. The number of hydrogen-bond donors (Lipinski definition) is 0. The van der Waals surface area contributed by atoms with E-state index in [1.165, 1.54) is 63.8 Å². The first kappa shape index (κ1) is 30.1. The molecule has 0 bridgehead atoms. The van der Waals surface area contributed by atoms with Crippen molar-refractivity contribution in [3.05, 3.63) is 87.8 Å². The summed E-state index contributed by atoms with van der Waals surface area (Å²) in [5.41, 5.74) is 5.28. The molecule has 0 spiro atoms. The summed E-state index contributed by atoms with van der Waals surface area (Å²) in [4.78, 5) is 9.22. The maximum Gasteiger partial charge on any atom is 0.101 e. The Hall–Kier alpha value is -2.39. The molecule has 0 saturated heterocycles. The van der Waals surface area contributed by atoms with Crippen molar-refractivity contribution >= 4 is 103 Å². The fourth-order valence-corrected chi connectivity index (χ4v) is 10.3. The Morgan fingerprint density at radius 3 is 2.05 bits per heavy atom. The smallest absolute Gasteiger partial charge is 0.101 e. The molecule has 0 aliphatic heterocycles. The van der Waals surface area contributed by atoms with Crippen LogP contribution < -0.4 is 0 Å². The minimum Gasteiger partial charge on any atom is -0.192 e. The van der Waals surface area contributed by atoms with E-state index in [-0.39, 0.29) is 0 Å². The highest BCUT2D eigenvalue weighted by Crippen LogP contribution is 2.46. The van der Waals surface area contributed by atoms with Crippen molar-refractivity contribution in [2.45, 2.75) is 40.0 Å². The molecule has 206 valence electrons. The molecule has 1 nitrogen and oxygen atoms in total. The lowest BCUT2D eigenvalue weighted by molar-refractivity contribution is 0.826. The van der Waals surface area contributed by atoms with Crippen molar-refractivity contribution in [1.82, 2.24) is 0 Å². The molecule has 5 aromatic heterocycles. The number of unbranched alkanes of at least 4 members (excludes halogenated alkanes) is 1. The van der Waals surface area contributed by atoms with Gasteiger partial charge in [0.05, 0.1) is 14.2 Å². The van der Waals surface area contributed by atoms with Gasteiger partial charge in [0.1, 0.15) is 6.07 Å². The molecule has 0 unspecified atom stereocenters. The van der Waals surface area contributed by atoms with Gasteiger partial charge in [-0.15, -0.1) is 63.1 Å².